The van der Waals surface area contributed by atoms with Crippen LogP contribution in [0.4, 0.5) is 0 Å². The first-order valence-electron chi connectivity index (χ1n) is 8.24. The molecular formula is C20H23N3O. The molecule has 0 unspecified atom stereocenters. The van der Waals surface area contributed by atoms with E-state index in [2.05, 4.69) is 46.9 Å². The molecule has 1 amide bonds. The van der Waals surface area contributed by atoms with Crippen molar-refractivity contribution in [3.05, 3.63) is 58.9 Å². The highest BCUT2D eigenvalue weighted by atomic mass is 16.1. The predicted molar refractivity (Wildman–Crippen MR) is 97.9 cm³/mol. The molecular weight excluding hydrogens is 298 g/mol. The SMILES string of the molecule is Cc1cc(C)cc(-n2c(C)nc3cc(C(=O)NC(C)C)ccc32)c1. The van der Waals surface area contributed by atoms with Gasteiger partial charge in [-0.05, 0) is 76.1 Å². The summed E-state index contributed by atoms with van der Waals surface area (Å²) in [5, 5.41) is 2.92. The van der Waals surface area contributed by atoms with Crippen LogP contribution >= 0.6 is 0 Å². The van der Waals surface area contributed by atoms with Gasteiger partial charge in [0.05, 0.1) is 11.0 Å². The molecule has 4 heteroatoms. The molecule has 0 saturated carbocycles. The van der Waals surface area contributed by atoms with Gasteiger partial charge in [0.15, 0.2) is 0 Å². The number of amides is 1. The molecule has 1 N–H and O–H groups in total. The second kappa shape index (κ2) is 6.11. The van der Waals surface area contributed by atoms with E-state index in [1.54, 1.807) is 0 Å². The van der Waals surface area contributed by atoms with Crippen LogP contribution in [-0.2, 0) is 0 Å². The molecule has 0 bridgehead atoms. The summed E-state index contributed by atoms with van der Waals surface area (Å²) in [5.74, 6) is 0.849. The first-order chi connectivity index (χ1) is 11.3. The lowest BCUT2D eigenvalue weighted by atomic mass is 10.1. The van der Waals surface area contributed by atoms with Gasteiger partial charge in [-0.25, -0.2) is 4.98 Å². The van der Waals surface area contributed by atoms with Gasteiger partial charge in [0.25, 0.3) is 5.91 Å². The van der Waals surface area contributed by atoms with Crippen molar-refractivity contribution in [2.75, 3.05) is 0 Å². The second-order valence-electron chi connectivity index (χ2n) is 6.67. The minimum absolute atomic E-state index is 0.0643. The van der Waals surface area contributed by atoms with Crippen LogP contribution in [0.2, 0.25) is 0 Å². The molecule has 0 saturated heterocycles. The number of carbonyl (C=O) groups is 1. The Bertz CT molecular complexity index is 902. The minimum atomic E-state index is -0.0643. The van der Waals surface area contributed by atoms with Crippen LogP contribution in [0.15, 0.2) is 36.4 Å². The highest BCUT2D eigenvalue weighted by Crippen LogP contribution is 2.24. The number of nitrogens with zero attached hydrogens (tertiary/aromatic N) is 2. The maximum absolute atomic E-state index is 12.2. The second-order valence-corrected chi connectivity index (χ2v) is 6.67. The minimum Gasteiger partial charge on any atom is -0.350 e. The van der Waals surface area contributed by atoms with Gasteiger partial charge in [0.1, 0.15) is 5.82 Å². The number of hydrogen-bond donors (Lipinski definition) is 1. The zero-order valence-electron chi connectivity index (χ0n) is 14.8. The van der Waals surface area contributed by atoms with Gasteiger partial charge in [-0.15, -0.1) is 0 Å². The number of rotatable bonds is 3. The molecule has 0 radical (unpaired) electrons. The molecule has 0 aliphatic heterocycles. The summed E-state index contributed by atoms with van der Waals surface area (Å²) in [6, 6.07) is 12.3. The van der Waals surface area contributed by atoms with E-state index in [4.69, 9.17) is 0 Å². The summed E-state index contributed by atoms with van der Waals surface area (Å²) in [4.78, 5) is 16.9. The van der Waals surface area contributed by atoms with Crippen LogP contribution in [-0.4, -0.2) is 21.5 Å². The molecule has 0 atom stereocenters. The van der Waals surface area contributed by atoms with Gasteiger partial charge in [0.2, 0.25) is 0 Å². The maximum Gasteiger partial charge on any atom is 0.251 e. The largest absolute Gasteiger partial charge is 0.350 e. The molecule has 0 aliphatic rings. The number of carbonyl (C=O) groups excluding carboxylic acids is 1. The van der Waals surface area contributed by atoms with Crippen molar-refractivity contribution in [2.45, 2.75) is 40.7 Å². The summed E-state index contributed by atoms with van der Waals surface area (Å²) in [6.45, 7) is 10.1. The third kappa shape index (κ3) is 3.04. The molecule has 2 aromatic carbocycles. The fourth-order valence-corrected chi connectivity index (χ4v) is 3.09. The van der Waals surface area contributed by atoms with Crippen LogP contribution in [0, 0.1) is 20.8 Å². The number of fused-ring (bicyclic) bond motifs is 1. The fraction of sp³-hybridized carbons (Fsp3) is 0.300. The smallest absolute Gasteiger partial charge is 0.251 e. The van der Waals surface area contributed by atoms with Gasteiger partial charge in [0, 0.05) is 17.3 Å². The molecule has 0 spiro atoms. The quantitative estimate of drug-likeness (QED) is 0.790. The van der Waals surface area contributed by atoms with Gasteiger partial charge >= 0.3 is 0 Å². The van der Waals surface area contributed by atoms with Crippen molar-refractivity contribution >= 4 is 16.9 Å². The van der Waals surface area contributed by atoms with E-state index in [1.165, 1.54) is 11.1 Å². The molecule has 1 heterocycles. The van der Waals surface area contributed by atoms with Crippen molar-refractivity contribution in [3.63, 3.8) is 0 Å². The monoisotopic (exact) mass is 321 g/mol. The van der Waals surface area contributed by atoms with Crippen LogP contribution in [0.3, 0.4) is 0 Å². The highest BCUT2D eigenvalue weighted by molar-refractivity contribution is 5.97. The van der Waals surface area contributed by atoms with Crippen LogP contribution in [0.5, 0.6) is 0 Å². The Balaban J connectivity index is 2.11. The Kier molecular flexibility index (Phi) is 4.14. The van der Waals surface area contributed by atoms with E-state index in [0.29, 0.717) is 5.56 Å². The average molecular weight is 321 g/mol. The lowest BCUT2D eigenvalue weighted by Gasteiger charge is -2.10. The topological polar surface area (TPSA) is 46.9 Å². The van der Waals surface area contributed by atoms with Crippen molar-refractivity contribution in [1.29, 1.82) is 0 Å². The summed E-state index contributed by atoms with van der Waals surface area (Å²) < 4.78 is 2.14. The Morgan fingerprint density at radius 2 is 1.71 bits per heavy atom. The molecule has 4 nitrogen and oxygen atoms in total. The normalized spacial score (nSPS) is 11.2. The van der Waals surface area contributed by atoms with Crippen LogP contribution < -0.4 is 5.32 Å². The number of imidazole rings is 1. The van der Waals surface area contributed by atoms with Crippen molar-refractivity contribution in [3.8, 4) is 5.69 Å². The van der Waals surface area contributed by atoms with Gasteiger partial charge in [-0.3, -0.25) is 9.36 Å². The van der Waals surface area contributed by atoms with E-state index in [0.717, 1.165) is 22.5 Å². The van der Waals surface area contributed by atoms with Gasteiger partial charge < -0.3 is 5.32 Å². The van der Waals surface area contributed by atoms with Crippen molar-refractivity contribution < 1.29 is 4.79 Å². The molecule has 124 valence electrons. The standard InChI is InChI=1S/C20H23N3O/c1-12(2)21-20(24)16-6-7-19-18(11-16)22-15(5)23(19)17-9-13(3)8-14(4)10-17/h6-12H,1-5H3,(H,21,24). The highest BCUT2D eigenvalue weighted by Gasteiger charge is 2.13. The molecule has 3 rings (SSSR count). The lowest BCUT2D eigenvalue weighted by molar-refractivity contribution is 0.0943. The van der Waals surface area contributed by atoms with Crippen LogP contribution in [0.1, 0.15) is 41.2 Å². The van der Waals surface area contributed by atoms with E-state index in [9.17, 15) is 4.79 Å². The zero-order valence-corrected chi connectivity index (χ0v) is 14.8. The number of nitrogens with one attached hydrogen (secondary N) is 1. The van der Waals surface area contributed by atoms with E-state index >= 15 is 0 Å². The number of benzene rings is 2. The van der Waals surface area contributed by atoms with Crippen molar-refractivity contribution in [1.82, 2.24) is 14.9 Å². The summed E-state index contributed by atoms with van der Waals surface area (Å²) in [6.07, 6.45) is 0. The van der Waals surface area contributed by atoms with Gasteiger partial charge in [-0.1, -0.05) is 6.07 Å². The maximum atomic E-state index is 12.2. The Hall–Kier alpha value is -2.62. The number of hydrogen-bond acceptors (Lipinski definition) is 2. The zero-order chi connectivity index (χ0) is 17.4. The van der Waals surface area contributed by atoms with E-state index in [-0.39, 0.29) is 11.9 Å². The Labute approximate surface area is 142 Å². The summed E-state index contributed by atoms with van der Waals surface area (Å²) >= 11 is 0. The fourth-order valence-electron chi connectivity index (χ4n) is 3.09. The first kappa shape index (κ1) is 16.2. The van der Waals surface area contributed by atoms with Gasteiger partial charge in [-0.2, -0.15) is 0 Å². The number of aryl methyl sites for hydroxylation is 3. The number of aromatic nitrogens is 2. The summed E-state index contributed by atoms with van der Waals surface area (Å²) in [5.41, 5.74) is 6.04. The van der Waals surface area contributed by atoms with Crippen LogP contribution in [0.25, 0.3) is 16.7 Å². The first-order valence-corrected chi connectivity index (χ1v) is 8.24. The summed E-state index contributed by atoms with van der Waals surface area (Å²) in [7, 11) is 0. The molecule has 0 aliphatic carbocycles. The lowest BCUT2D eigenvalue weighted by Crippen LogP contribution is -2.29. The molecule has 24 heavy (non-hydrogen) atoms. The third-order valence-electron chi connectivity index (χ3n) is 3.97. The molecule has 1 aromatic heterocycles. The molecule has 0 fully saturated rings. The molecule has 3 aromatic rings. The predicted octanol–water partition coefficient (Wildman–Crippen LogP) is 4.09. The average Bonchev–Trinajstić information content (AvgIpc) is 2.80. The van der Waals surface area contributed by atoms with E-state index in [1.807, 2.05) is 39.0 Å². The van der Waals surface area contributed by atoms with E-state index < -0.39 is 0 Å². The third-order valence-corrected chi connectivity index (χ3v) is 3.97. The van der Waals surface area contributed by atoms with Crippen molar-refractivity contribution in [2.24, 2.45) is 0 Å². The Morgan fingerprint density at radius 3 is 2.33 bits per heavy atom. The Morgan fingerprint density at radius 1 is 1.04 bits per heavy atom.